The van der Waals surface area contributed by atoms with Crippen molar-refractivity contribution in [2.24, 2.45) is 0 Å². The van der Waals surface area contributed by atoms with Crippen molar-refractivity contribution in [3.8, 4) is 0 Å². The molecular formula is C23H22F3N3O2. The van der Waals surface area contributed by atoms with Crippen LogP contribution in [0.4, 0.5) is 30.2 Å². The number of anilines is 3. The fraction of sp³-hybridized carbons (Fsp3) is 0.217. The molecule has 0 aliphatic rings. The molecular weight excluding hydrogens is 407 g/mol. The second-order valence-electron chi connectivity index (χ2n) is 7.28. The Hall–Kier alpha value is -3.55. The van der Waals surface area contributed by atoms with Crippen molar-refractivity contribution < 1.29 is 18.0 Å². The van der Waals surface area contributed by atoms with Crippen LogP contribution in [-0.4, -0.2) is 16.5 Å². The van der Waals surface area contributed by atoms with Crippen molar-refractivity contribution in [2.45, 2.75) is 32.6 Å². The number of aromatic nitrogens is 1. The fourth-order valence-electron chi connectivity index (χ4n) is 3.17. The summed E-state index contributed by atoms with van der Waals surface area (Å²) in [5.74, 6) is -0.486. The standard InChI is InChI=1S/C23H22F3N3O2/c1-16(2)29(20-11-9-19(10-12-20)27-18-6-4-3-5-7-18)22(31)15-28-14-17(23(24,25)26)8-13-21(28)30/h3-14,16,27H,15H2,1-2H3. The van der Waals surface area contributed by atoms with E-state index in [0.717, 1.165) is 22.0 Å². The van der Waals surface area contributed by atoms with Gasteiger partial charge in [-0.15, -0.1) is 0 Å². The summed E-state index contributed by atoms with van der Waals surface area (Å²) in [5, 5.41) is 3.24. The Morgan fingerprint density at radius 2 is 1.58 bits per heavy atom. The molecule has 2 aromatic carbocycles. The first-order valence-electron chi connectivity index (χ1n) is 9.67. The molecule has 0 bridgehead atoms. The van der Waals surface area contributed by atoms with Crippen molar-refractivity contribution in [2.75, 3.05) is 10.2 Å². The minimum Gasteiger partial charge on any atom is -0.356 e. The number of alkyl halides is 3. The first-order valence-corrected chi connectivity index (χ1v) is 9.67. The van der Waals surface area contributed by atoms with Crippen molar-refractivity contribution in [1.29, 1.82) is 0 Å². The maximum absolute atomic E-state index is 13.0. The normalized spacial score (nSPS) is 11.4. The smallest absolute Gasteiger partial charge is 0.356 e. The zero-order chi connectivity index (χ0) is 22.6. The molecule has 3 rings (SSSR count). The van der Waals surface area contributed by atoms with Gasteiger partial charge in [-0.05, 0) is 56.3 Å². The number of benzene rings is 2. The maximum atomic E-state index is 13.0. The van der Waals surface area contributed by atoms with Gasteiger partial charge in [0.05, 0.1) is 5.56 Å². The average molecular weight is 429 g/mol. The van der Waals surface area contributed by atoms with E-state index in [2.05, 4.69) is 5.32 Å². The van der Waals surface area contributed by atoms with Gasteiger partial charge in [0.2, 0.25) is 5.91 Å². The van der Waals surface area contributed by atoms with E-state index in [0.29, 0.717) is 18.0 Å². The Morgan fingerprint density at radius 3 is 2.16 bits per heavy atom. The summed E-state index contributed by atoms with van der Waals surface area (Å²) >= 11 is 0. The van der Waals surface area contributed by atoms with Crippen molar-refractivity contribution >= 4 is 23.0 Å². The lowest BCUT2D eigenvalue weighted by atomic mass is 10.2. The molecule has 0 saturated carbocycles. The highest BCUT2D eigenvalue weighted by molar-refractivity contribution is 5.94. The van der Waals surface area contributed by atoms with Crippen LogP contribution < -0.4 is 15.8 Å². The van der Waals surface area contributed by atoms with Gasteiger partial charge in [0.25, 0.3) is 5.56 Å². The van der Waals surface area contributed by atoms with E-state index >= 15 is 0 Å². The van der Waals surface area contributed by atoms with E-state index in [-0.39, 0.29) is 6.04 Å². The van der Waals surface area contributed by atoms with E-state index in [4.69, 9.17) is 0 Å². The molecule has 162 valence electrons. The zero-order valence-electron chi connectivity index (χ0n) is 17.1. The molecule has 0 atom stereocenters. The van der Waals surface area contributed by atoms with Gasteiger partial charge in [-0.3, -0.25) is 9.59 Å². The summed E-state index contributed by atoms with van der Waals surface area (Å²) in [4.78, 5) is 26.4. The minimum atomic E-state index is -4.60. The lowest BCUT2D eigenvalue weighted by molar-refractivity contribution is -0.138. The highest BCUT2D eigenvalue weighted by atomic mass is 19.4. The number of halogens is 3. The third-order valence-electron chi connectivity index (χ3n) is 4.61. The molecule has 5 nitrogen and oxygen atoms in total. The molecule has 0 fully saturated rings. The van der Waals surface area contributed by atoms with Gasteiger partial charge in [-0.2, -0.15) is 13.2 Å². The Kier molecular flexibility index (Phi) is 6.48. The molecule has 1 aromatic heterocycles. The number of pyridine rings is 1. The van der Waals surface area contributed by atoms with Gasteiger partial charge in [0, 0.05) is 35.4 Å². The molecule has 0 unspecified atom stereocenters. The molecule has 0 radical (unpaired) electrons. The molecule has 1 amide bonds. The van der Waals surface area contributed by atoms with Crippen LogP contribution in [0, 0.1) is 0 Å². The molecule has 8 heteroatoms. The summed E-state index contributed by atoms with van der Waals surface area (Å²) in [7, 11) is 0. The third kappa shape index (κ3) is 5.53. The van der Waals surface area contributed by atoms with Crippen LogP contribution in [0.1, 0.15) is 19.4 Å². The summed E-state index contributed by atoms with van der Waals surface area (Å²) < 4.78 is 39.7. The number of para-hydroxylation sites is 1. The zero-order valence-corrected chi connectivity index (χ0v) is 17.1. The number of amides is 1. The third-order valence-corrected chi connectivity index (χ3v) is 4.61. The first kappa shape index (κ1) is 22.1. The summed E-state index contributed by atoms with van der Waals surface area (Å²) in [6.45, 7) is 3.09. The predicted octanol–water partition coefficient (Wildman–Crippen LogP) is 5.05. The van der Waals surface area contributed by atoms with Crippen LogP contribution in [-0.2, 0) is 17.5 Å². The van der Waals surface area contributed by atoms with Crippen molar-refractivity contribution in [3.05, 3.63) is 88.8 Å². The molecule has 31 heavy (non-hydrogen) atoms. The minimum absolute atomic E-state index is 0.262. The second-order valence-corrected chi connectivity index (χ2v) is 7.28. The first-order chi connectivity index (χ1) is 14.6. The molecule has 0 spiro atoms. The van der Waals surface area contributed by atoms with Crippen LogP contribution in [0.3, 0.4) is 0 Å². The second kappa shape index (κ2) is 9.07. The number of nitrogens with zero attached hydrogens (tertiary/aromatic N) is 2. The SMILES string of the molecule is CC(C)N(C(=O)Cn1cc(C(F)(F)F)ccc1=O)c1ccc(Nc2ccccc2)cc1. The number of carbonyl (C=O) groups is 1. The summed E-state index contributed by atoms with van der Waals surface area (Å²) in [6, 6.07) is 17.9. The fourth-order valence-corrected chi connectivity index (χ4v) is 3.17. The molecule has 0 aliphatic heterocycles. The Morgan fingerprint density at radius 1 is 0.968 bits per heavy atom. The Balaban J connectivity index is 1.81. The van der Waals surface area contributed by atoms with Gasteiger partial charge < -0.3 is 14.8 Å². The highest BCUT2D eigenvalue weighted by Crippen LogP contribution is 2.28. The monoisotopic (exact) mass is 429 g/mol. The van der Waals surface area contributed by atoms with Gasteiger partial charge in [-0.1, -0.05) is 18.2 Å². The molecule has 1 heterocycles. The van der Waals surface area contributed by atoms with Gasteiger partial charge >= 0.3 is 6.18 Å². The van der Waals surface area contributed by atoms with Crippen molar-refractivity contribution in [1.82, 2.24) is 4.57 Å². The molecule has 0 aliphatic carbocycles. The number of hydrogen-bond donors (Lipinski definition) is 1. The van der Waals surface area contributed by atoms with Gasteiger partial charge in [-0.25, -0.2) is 0 Å². The van der Waals surface area contributed by atoms with Crippen LogP contribution in [0.2, 0.25) is 0 Å². The lowest BCUT2D eigenvalue weighted by Crippen LogP contribution is -2.41. The largest absolute Gasteiger partial charge is 0.417 e. The van der Waals surface area contributed by atoms with Crippen LogP contribution in [0.15, 0.2) is 77.7 Å². The van der Waals surface area contributed by atoms with E-state index in [1.807, 2.05) is 30.3 Å². The number of hydrogen-bond acceptors (Lipinski definition) is 3. The average Bonchev–Trinajstić information content (AvgIpc) is 2.71. The molecule has 0 saturated heterocycles. The highest BCUT2D eigenvalue weighted by Gasteiger charge is 2.31. The van der Waals surface area contributed by atoms with Crippen molar-refractivity contribution in [3.63, 3.8) is 0 Å². The van der Waals surface area contributed by atoms with E-state index in [1.165, 1.54) is 4.90 Å². The van der Waals surface area contributed by atoms with Gasteiger partial charge in [0.1, 0.15) is 6.54 Å². The maximum Gasteiger partial charge on any atom is 0.417 e. The molecule has 3 aromatic rings. The topological polar surface area (TPSA) is 54.3 Å². The van der Waals surface area contributed by atoms with Crippen LogP contribution >= 0.6 is 0 Å². The number of rotatable bonds is 6. The quantitative estimate of drug-likeness (QED) is 0.597. The van der Waals surface area contributed by atoms with Crippen LogP contribution in [0.25, 0.3) is 0 Å². The van der Waals surface area contributed by atoms with E-state index < -0.39 is 29.8 Å². The molecule has 1 N–H and O–H groups in total. The lowest BCUT2D eigenvalue weighted by Gasteiger charge is -2.27. The summed E-state index contributed by atoms with van der Waals surface area (Å²) in [5.41, 5.74) is 0.662. The predicted molar refractivity (Wildman–Crippen MR) is 114 cm³/mol. The Labute approximate surface area is 177 Å². The number of carbonyl (C=O) groups excluding carboxylic acids is 1. The van der Waals surface area contributed by atoms with Crippen LogP contribution in [0.5, 0.6) is 0 Å². The van der Waals surface area contributed by atoms with E-state index in [9.17, 15) is 22.8 Å². The van der Waals surface area contributed by atoms with E-state index in [1.54, 1.807) is 38.1 Å². The van der Waals surface area contributed by atoms with Gasteiger partial charge in [0.15, 0.2) is 0 Å². The number of nitrogens with one attached hydrogen (secondary N) is 1. The summed E-state index contributed by atoms with van der Waals surface area (Å²) in [6.07, 6.45) is -3.93. The Bertz CT molecular complexity index is 1090.